The summed E-state index contributed by atoms with van der Waals surface area (Å²) in [4.78, 5) is 2.59. The van der Waals surface area contributed by atoms with Gasteiger partial charge in [0, 0.05) is 12.6 Å². The summed E-state index contributed by atoms with van der Waals surface area (Å²) in [6, 6.07) is 26.5. The first-order chi connectivity index (χ1) is 13.9. The lowest BCUT2D eigenvalue weighted by Gasteiger charge is -2.26. The van der Waals surface area contributed by atoms with Gasteiger partial charge in [-0.05, 0) is 53.8 Å². The minimum atomic E-state index is 0.449. The molecule has 3 heteroatoms. The predicted molar refractivity (Wildman–Crippen MR) is 112 cm³/mol. The van der Waals surface area contributed by atoms with Crippen LogP contribution >= 0.6 is 0 Å². The van der Waals surface area contributed by atoms with Crippen molar-refractivity contribution in [3.8, 4) is 22.6 Å². The summed E-state index contributed by atoms with van der Waals surface area (Å²) >= 11 is 0. The van der Waals surface area contributed by atoms with Crippen molar-refractivity contribution >= 4 is 0 Å². The maximum absolute atomic E-state index is 5.79. The van der Waals surface area contributed by atoms with Gasteiger partial charge in [-0.1, -0.05) is 60.7 Å². The van der Waals surface area contributed by atoms with E-state index in [1.54, 1.807) is 0 Å². The van der Waals surface area contributed by atoms with Crippen molar-refractivity contribution in [1.82, 2.24) is 4.90 Å². The number of nitrogens with zero attached hydrogens (tertiary/aromatic N) is 1. The number of hydrogen-bond acceptors (Lipinski definition) is 3. The Bertz CT molecular complexity index is 937. The number of benzene rings is 3. The van der Waals surface area contributed by atoms with Crippen molar-refractivity contribution in [3.63, 3.8) is 0 Å². The summed E-state index contributed by atoms with van der Waals surface area (Å²) in [6.07, 6.45) is 2.43. The summed E-state index contributed by atoms with van der Waals surface area (Å²) in [5, 5.41) is 0. The number of fused-ring (bicyclic) bond motifs is 1. The Morgan fingerprint density at radius 3 is 2.36 bits per heavy atom. The lowest BCUT2D eigenvalue weighted by molar-refractivity contribution is 0.170. The average Bonchev–Trinajstić information content (AvgIpc) is 3.23. The second kappa shape index (κ2) is 7.69. The van der Waals surface area contributed by atoms with E-state index in [-0.39, 0.29) is 0 Å². The van der Waals surface area contributed by atoms with E-state index in [4.69, 9.17) is 9.47 Å². The normalized spacial score (nSPS) is 18.9. The molecule has 1 fully saturated rings. The Hall–Kier alpha value is -2.78. The molecule has 0 aromatic heterocycles. The van der Waals surface area contributed by atoms with E-state index < -0.39 is 0 Å². The molecule has 0 spiro atoms. The molecule has 0 aliphatic carbocycles. The number of hydrogen-bond donors (Lipinski definition) is 0. The number of rotatable bonds is 4. The van der Waals surface area contributed by atoms with Gasteiger partial charge in [0.2, 0.25) is 0 Å². The van der Waals surface area contributed by atoms with Crippen LogP contribution in [0, 0.1) is 0 Å². The molecule has 28 heavy (non-hydrogen) atoms. The van der Waals surface area contributed by atoms with Crippen molar-refractivity contribution in [2.45, 2.75) is 25.4 Å². The third kappa shape index (κ3) is 3.50. The van der Waals surface area contributed by atoms with Crippen LogP contribution in [0.15, 0.2) is 72.8 Å². The van der Waals surface area contributed by atoms with Gasteiger partial charge in [0.15, 0.2) is 11.5 Å². The van der Waals surface area contributed by atoms with Crippen LogP contribution in [-0.4, -0.2) is 24.7 Å². The zero-order chi connectivity index (χ0) is 18.8. The Kier molecular flexibility index (Phi) is 4.76. The van der Waals surface area contributed by atoms with Gasteiger partial charge >= 0.3 is 0 Å². The molecule has 2 aliphatic rings. The fourth-order valence-corrected chi connectivity index (χ4v) is 4.33. The second-order valence-corrected chi connectivity index (χ2v) is 7.59. The molecular weight excluding hydrogens is 346 g/mol. The minimum Gasteiger partial charge on any atom is -0.486 e. The molecule has 2 aliphatic heterocycles. The third-order valence-corrected chi connectivity index (χ3v) is 5.76. The molecule has 5 rings (SSSR count). The maximum atomic E-state index is 5.79. The van der Waals surface area contributed by atoms with Gasteiger partial charge in [0.05, 0.1) is 0 Å². The fourth-order valence-electron chi connectivity index (χ4n) is 4.33. The smallest absolute Gasteiger partial charge is 0.161 e. The quantitative estimate of drug-likeness (QED) is 0.608. The molecule has 142 valence electrons. The lowest BCUT2D eigenvalue weighted by atomic mass is 10.0. The van der Waals surface area contributed by atoms with Crippen molar-refractivity contribution in [2.75, 3.05) is 19.8 Å². The Morgan fingerprint density at radius 2 is 1.54 bits per heavy atom. The van der Waals surface area contributed by atoms with Crippen molar-refractivity contribution in [3.05, 3.63) is 83.9 Å². The van der Waals surface area contributed by atoms with Gasteiger partial charge in [-0.2, -0.15) is 0 Å². The monoisotopic (exact) mass is 371 g/mol. The molecule has 0 N–H and O–H groups in total. The van der Waals surface area contributed by atoms with Crippen LogP contribution < -0.4 is 9.47 Å². The first kappa shape index (κ1) is 17.3. The zero-order valence-corrected chi connectivity index (χ0v) is 16.0. The van der Waals surface area contributed by atoms with Crippen LogP contribution in [0.4, 0.5) is 0 Å². The van der Waals surface area contributed by atoms with E-state index >= 15 is 0 Å². The zero-order valence-electron chi connectivity index (χ0n) is 16.0. The van der Waals surface area contributed by atoms with Crippen molar-refractivity contribution in [2.24, 2.45) is 0 Å². The first-order valence-corrected chi connectivity index (χ1v) is 10.1. The molecule has 3 aromatic carbocycles. The number of likely N-dealkylation sites (tertiary alicyclic amines) is 1. The summed E-state index contributed by atoms with van der Waals surface area (Å²) in [6.45, 7) is 3.40. The van der Waals surface area contributed by atoms with Crippen LogP contribution in [0.25, 0.3) is 11.1 Å². The van der Waals surface area contributed by atoms with Gasteiger partial charge < -0.3 is 9.47 Å². The molecule has 0 unspecified atom stereocenters. The molecule has 2 heterocycles. The summed E-state index contributed by atoms with van der Waals surface area (Å²) in [5.41, 5.74) is 5.24. The fraction of sp³-hybridized carbons (Fsp3) is 0.280. The van der Waals surface area contributed by atoms with Crippen LogP contribution in [-0.2, 0) is 6.54 Å². The maximum Gasteiger partial charge on any atom is 0.161 e. The second-order valence-electron chi connectivity index (χ2n) is 7.59. The summed E-state index contributed by atoms with van der Waals surface area (Å²) in [7, 11) is 0. The Balaban J connectivity index is 1.32. The van der Waals surface area contributed by atoms with Crippen LogP contribution in [0.5, 0.6) is 11.5 Å². The third-order valence-electron chi connectivity index (χ3n) is 5.76. The van der Waals surface area contributed by atoms with Gasteiger partial charge in [0.25, 0.3) is 0 Å². The lowest BCUT2D eigenvalue weighted by Crippen LogP contribution is -2.23. The van der Waals surface area contributed by atoms with E-state index in [0.29, 0.717) is 19.3 Å². The highest BCUT2D eigenvalue weighted by Crippen LogP contribution is 2.38. The molecule has 3 nitrogen and oxygen atoms in total. The molecule has 0 bridgehead atoms. The highest BCUT2D eigenvalue weighted by molar-refractivity contribution is 5.63. The standard InChI is InChI=1S/C25H25NO2/c1-2-5-20(6-3-1)21-10-8-19(9-11-21)18-26-14-4-7-23(26)22-12-13-24-25(17-22)28-16-15-27-24/h1-3,5-6,8-13,17,23H,4,7,14-16,18H2/t23-/m1/s1. The van der Waals surface area contributed by atoms with Crippen molar-refractivity contribution < 1.29 is 9.47 Å². The largest absolute Gasteiger partial charge is 0.486 e. The summed E-state index contributed by atoms with van der Waals surface area (Å²) < 4.78 is 11.5. The van der Waals surface area contributed by atoms with Gasteiger partial charge in [0.1, 0.15) is 13.2 Å². The molecule has 0 saturated carbocycles. The average molecular weight is 371 g/mol. The van der Waals surface area contributed by atoms with E-state index in [2.05, 4.69) is 77.7 Å². The van der Waals surface area contributed by atoms with Gasteiger partial charge in [-0.3, -0.25) is 4.90 Å². The van der Waals surface area contributed by atoms with E-state index in [9.17, 15) is 0 Å². The minimum absolute atomic E-state index is 0.449. The van der Waals surface area contributed by atoms with Gasteiger partial charge in [-0.25, -0.2) is 0 Å². The highest BCUT2D eigenvalue weighted by atomic mass is 16.6. The highest BCUT2D eigenvalue weighted by Gasteiger charge is 2.27. The first-order valence-electron chi connectivity index (χ1n) is 10.1. The SMILES string of the molecule is c1ccc(-c2ccc(CN3CCC[C@@H]3c3ccc4c(c3)OCCO4)cc2)cc1. The molecule has 3 aromatic rings. The van der Waals surface area contributed by atoms with Crippen LogP contribution in [0.3, 0.4) is 0 Å². The van der Waals surface area contributed by atoms with Crippen LogP contribution in [0.2, 0.25) is 0 Å². The van der Waals surface area contributed by atoms with Crippen molar-refractivity contribution in [1.29, 1.82) is 0 Å². The van der Waals surface area contributed by atoms with E-state index in [1.165, 1.54) is 35.1 Å². The van der Waals surface area contributed by atoms with E-state index in [1.807, 2.05) is 0 Å². The Morgan fingerprint density at radius 1 is 0.786 bits per heavy atom. The molecular formula is C25H25NO2. The predicted octanol–water partition coefficient (Wildman–Crippen LogP) is 5.46. The number of ether oxygens (including phenoxy) is 2. The molecule has 0 radical (unpaired) electrons. The van der Waals surface area contributed by atoms with E-state index in [0.717, 1.165) is 24.6 Å². The topological polar surface area (TPSA) is 21.7 Å². The van der Waals surface area contributed by atoms with Gasteiger partial charge in [-0.15, -0.1) is 0 Å². The Labute approximate surface area is 166 Å². The molecule has 1 saturated heterocycles. The molecule has 1 atom stereocenters. The van der Waals surface area contributed by atoms with Crippen LogP contribution in [0.1, 0.15) is 30.0 Å². The summed E-state index contributed by atoms with van der Waals surface area (Å²) in [5.74, 6) is 1.76. The molecule has 0 amide bonds.